The van der Waals surface area contributed by atoms with Gasteiger partial charge in [-0.05, 0) is 41.3 Å². The summed E-state index contributed by atoms with van der Waals surface area (Å²) in [5, 5.41) is 14.2. The number of carbonyl (C=O) groups excluding carboxylic acids is 1. The predicted molar refractivity (Wildman–Crippen MR) is 132 cm³/mol. The molecule has 1 N–H and O–H groups in total. The van der Waals surface area contributed by atoms with Crippen LogP contribution in [-0.2, 0) is 5.41 Å². The molecule has 0 spiro atoms. The van der Waals surface area contributed by atoms with Crippen molar-refractivity contribution in [1.82, 2.24) is 4.98 Å². The Hall–Kier alpha value is -3.63. The van der Waals surface area contributed by atoms with Gasteiger partial charge in [0.25, 0.3) is 5.91 Å². The number of rotatable bonds is 6. The van der Waals surface area contributed by atoms with Crippen LogP contribution in [0.4, 0.5) is 14.5 Å². The maximum atomic E-state index is 13.3. The second-order valence-corrected chi connectivity index (χ2v) is 10.4. The molecule has 2 heterocycles. The molecule has 4 rings (SSSR count). The smallest absolute Gasteiger partial charge is 0.324 e. The van der Waals surface area contributed by atoms with Crippen LogP contribution in [0.1, 0.15) is 36.0 Å². The van der Waals surface area contributed by atoms with Crippen LogP contribution in [-0.4, -0.2) is 15.8 Å². The first-order valence-electron chi connectivity index (χ1n) is 10.2. The first kappa shape index (κ1) is 23.5. The summed E-state index contributed by atoms with van der Waals surface area (Å²) >= 11 is 1.89. The highest BCUT2D eigenvalue weighted by atomic mass is 32.1. The number of hydrogen-bond acceptors (Lipinski definition) is 7. The quantitative estimate of drug-likeness (QED) is 0.223. The van der Waals surface area contributed by atoms with Gasteiger partial charge in [0.15, 0.2) is 5.13 Å². The molecule has 0 aliphatic rings. The van der Waals surface area contributed by atoms with E-state index >= 15 is 0 Å². The lowest BCUT2D eigenvalue weighted by molar-refractivity contribution is -0.380. The second kappa shape index (κ2) is 9.32. The summed E-state index contributed by atoms with van der Waals surface area (Å²) in [5.74, 6) is -0.466. The van der Waals surface area contributed by atoms with Crippen molar-refractivity contribution in [3.05, 3.63) is 87.0 Å². The van der Waals surface area contributed by atoms with E-state index in [4.69, 9.17) is 4.74 Å². The lowest BCUT2D eigenvalue weighted by Gasteiger charge is -2.19. The molecule has 0 aliphatic carbocycles. The van der Waals surface area contributed by atoms with E-state index in [1.165, 1.54) is 36.4 Å². The minimum Gasteiger partial charge on any atom is -0.444 e. The molecular formula is C24H20FN3O4S2. The van der Waals surface area contributed by atoms with Crippen molar-refractivity contribution in [2.45, 2.75) is 26.2 Å². The summed E-state index contributed by atoms with van der Waals surface area (Å²) in [7, 11) is 0. The Morgan fingerprint density at radius 1 is 1.03 bits per heavy atom. The molecule has 0 bridgehead atoms. The van der Waals surface area contributed by atoms with Gasteiger partial charge in [-0.2, -0.15) is 0 Å². The van der Waals surface area contributed by atoms with Crippen molar-refractivity contribution >= 4 is 38.7 Å². The second-order valence-electron chi connectivity index (χ2n) is 8.39. The first-order valence-corrected chi connectivity index (χ1v) is 11.8. The van der Waals surface area contributed by atoms with Crippen molar-refractivity contribution in [1.29, 1.82) is 0 Å². The van der Waals surface area contributed by atoms with Crippen molar-refractivity contribution in [2.24, 2.45) is 0 Å². The molecule has 0 fully saturated rings. The maximum Gasteiger partial charge on any atom is 0.324 e. The fraction of sp³-hybridized carbons (Fsp3) is 0.167. The summed E-state index contributed by atoms with van der Waals surface area (Å²) in [4.78, 5) is 27.7. The average molecular weight is 498 g/mol. The molecule has 0 radical (unpaired) electrons. The van der Waals surface area contributed by atoms with E-state index in [1.807, 2.05) is 24.3 Å². The highest BCUT2D eigenvalue weighted by Crippen LogP contribution is 2.41. The molecule has 4 aromatic rings. The number of carbonyl (C=O) groups is 1. The van der Waals surface area contributed by atoms with Crippen LogP contribution in [0.25, 0.3) is 11.3 Å². The van der Waals surface area contributed by atoms with Gasteiger partial charge in [-0.15, -0.1) is 0 Å². The van der Waals surface area contributed by atoms with Crippen LogP contribution in [0.3, 0.4) is 0 Å². The normalized spacial score (nSPS) is 11.3. The van der Waals surface area contributed by atoms with Gasteiger partial charge in [0.05, 0.1) is 9.80 Å². The molecule has 0 saturated heterocycles. The van der Waals surface area contributed by atoms with Crippen molar-refractivity contribution in [3.63, 3.8) is 0 Å². The number of anilines is 1. The number of thiazole rings is 1. The zero-order valence-electron chi connectivity index (χ0n) is 18.5. The Kier molecular flexibility index (Phi) is 6.45. The zero-order valence-corrected chi connectivity index (χ0v) is 20.1. The number of benzene rings is 2. The van der Waals surface area contributed by atoms with Gasteiger partial charge < -0.3 is 4.74 Å². The lowest BCUT2D eigenvalue weighted by atomic mass is 9.86. The number of thiophene rings is 1. The SMILES string of the molecule is CC(C)(C)c1ccc(-c2nc(NC(=O)c3ccc([N+](=O)[O-])s3)sc2Oc2ccc(F)cc2)cc1. The van der Waals surface area contributed by atoms with Crippen LogP contribution in [0, 0.1) is 15.9 Å². The number of ether oxygens (including phenoxy) is 1. The van der Waals surface area contributed by atoms with Crippen LogP contribution in [0.15, 0.2) is 60.7 Å². The van der Waals surface area contributed by atoms with E-state index in [2.05, 4.69) is 31.1 Å². The Labute approximate surface area is 203 Å². The summed E-state index contributed by atoms with van der Waals surface area (Å²) in [5.41, 5.74) is 2.44. The topological polar surface area (TPSA) is 94.4 Å². The van der Waals surface area contributed by atoms with E-state index < -0.39 is 10.8 Å². The number of halogens is 1. The van der Waals surface area contributed by atoms with Crippen molar-refractivity contribution in [2.75, 3.05) is 5.32 Å². The molecular weight excluding hydrogens is 477 g/mol. The molecule has 174 valence electrons. The largest absolute Gasteiger partial charge is 0.444 e. The fourth-order valence-corrected chi connectivity index (χ4v) is 4.63. The summed E-state index contributed by atoms with van der Waals surface area (Å²) in [6.45, 7) is 6.36. The molecule has 34 heavy (non-hydrogen) atoms. The van der Waals surface area contributed by atoms with Gasteiger partial charge in [0, 0.05) is 11.6 Å². The van der Waals surface area contributed by atoms with Gasteiger partial charge in [0.1, 0.15) is 17.3 Å². The van der Waals surface area contributed by atoms with E-state index in [-0.39, 0.29) is 26.2 Å². The van der Waals surface area contributed by atoms with Crippen LogP contribution in [0.5, 0.6) is 10.8 Å². The van der Waals surface area contributed by atoms with Crippen LogP contribution >= 0.6 is 22.7 Å². The number of nitro groups is 1. The summed E-state index contributed by atoms with van der Waals surface area (Å²) < 4.78 is 19.3. The molecule has 0 atom stereocenters. The summed E-state index contributed by atoms with van der Waals surface area (Å²) in [6.07, 6.45) is 0. The van der Waals surface area contributed by atoms with E-state index in [1.54, 1.807) is 0 Å². The average Bonchev–Trinajstić information content (AvgIpc) is 3.43. The van der Waals surface area contributed by atoms with E-state index in [0.717, 1.165) is 33.8 Å². The molecule has 10 heteroatoms. The number of nitrogens with one attached hydrogen (secondary N) is 1. The van der Waals surface area contributed by atoms with Gasteiger partial charge in [-0.3, -0.25) is 20.2 Å². The summed E-state index contributed by atoms with van der Waals surface area (Å²) in [6, 6.07) is 16.2. The molecule has 2 aromatic heterocycles. The monoisotopic (exact) mass is 497 g/mol. The van der Waals surface area contributed by atoms with Crippen LogP contribution in [0.2, 0.25) is 0 Å². The van der Waals surface area contributed by atoms with E-state index in [0.29, 0.717) is 16.5 Å². The Morgan fingerprint density at radius 2 is 1.71 bits per heavy atom. The number of amides is 1. The molecule has 2 aromatic carbocycles. The molecule has 0 aliphatic heterocycles. The molecule has 7 nitrogen and oxygen atoms in total. The Balaban J connectivity index is 1.66. The highest BCUT2D eigenvalue weighted by molar-refractivity contribution is 7.19. The number of hydrogen-bond donors (Lipinski definition) is 1. The van der Waals surface area contributed by atoms with Crippen molar-refractivity contribution in [3.8, 4) is 22.1 Å². The minimum atomic E-state index is -0.543. The third kappa shape index (κ3) is 5.29. The standard InChI is InChI=1S/C24H20FN3O4S2/c1-24(2,3)15-6-4-14(5-7-15)20-22(32-17-10-8-16(25)9-11-17)34-23(26-20)27-21(29)18-12-13-19(33-18)28(30)31/h4-13H,1-3H3,(H,26,27,29). The maximum absolute atomic E-state index is 13.3. The van der Waals surface area contributed by atoms with Gasteiger partial charge >= 0.3 is 5.00 Å². The van der Waals surface area contributed by atoms with Gasteiger partial charge in [0.2, 0.25) is 5.06 Å². The molecule has 1 amide bonds. The van der Waals surface area contributed by atoms with Gasteiger partial charge in [-0.1, -0.05) is 67.7 Å². The minimum absolute atomic E-state index is 0.0174. The van der Waals surface area contributed by atoms with Gasteiger partial charge in [-0.25, -0.2) is 9.37 Å². The third-order valence-corrected chi connectivity index (χ3v) is 6.75. The fourth-order valence-electron chi connectivity index (χ4n) is 3.06. The predicted octanol–water partition coefficient (Wildman–Crippen LogP) is 7.26. The lowest BCUT2D eigenvalue weighted by Crippen LogP contribution is -2.10. The Bertz CT molecular complexity index is 1340. The zero-order chi connectivity index (χ0) is 24.5. The molecule has 0 unspecified atom stereocenters. The number of aromatic nitrogens is 1. The van der Waals surface area contributed by atoms with Crippen LogP contribution < -0.4 is 10.1 Å². The van der Waals surface area contributed by atoms with Crippen molar-refractivity contribution < 1.29 is 18.8 Å². The van der Waals surface area contributed by atoms with E-state index in [9.17, 15) is 19.3 Å². The highest BCUT2D eigenvalue weighted by Gasteiger charge is 2.21. The molecule has 0 saturated carbocycles. The Morgan fingerprint density at radius 3 is 2.29 bits per heavy atom. The number of nitrogens with zero attached hydrogens (tertiary/aromatic N) is 2. The first-order chi connectivity index (χ1) is 16.1. The third-order valence-electron chi connectivity index (χ3n) is 4.86.